The second kappa shape index (κ2) is 5.35. The predicted molar refractivity (Wildman–Crippen MR) is 92.2 cm³/mol. The summed E-state index contributed by atoms with van der Waals surface area (Å²) in [5.41, 5.74) is 2.90. The molecule has 0 spiro atoms. The number of furan rings is 1. The topological polar surface area (TPSA) is 50.5 Å². The fourth-order valence-corrected chi connectivity index (χ4v) is 5.26. The van der Waals surface area contributed by atoms with E-state index < -0.39 is 9.84 Å². The SMILES string of the molecule is CN(Cc1cccc2c1oc1ccccc12)C1CCS(=O)(=O)C1. The molecule has 1 saturated heterocycles. The van der Waals surface area contributed by atoms with E-state index in [2.05, 4.69) is 23.1 Å². The average molecular weight is 329 g/mol. The highest BCUT2D eigenvalue weighted by atomic mass is 32.2. The maximum absolute atomic E-state index is 11.7. The van der Waals surface area contributed by atoms with E-state index in [-0.39, 0.29) is 11.8 Å². The van der Waals surface area contributed by atoms with Crippen LogP contribution in [-0.4, -0.2) is 37.9 Å². The summed E-state index contributed by atoms with van der Waals surface area (Å²) >= 11 is 0. The third-order valence-electron chi connectivity index (χ3n) is 4.74. The molecule has 1 aromatic heterocycles. The Morgan fingerprint density at radius 2 is 1.91 bits per heavy atom. The number of hydrogen-bond donors (Lipinski definition) is 0. The van der Waals surface area contributed by atoms with Crippen LogP contribution in [0, 0.1) is 0 Å². The van der Waals surface area contributed by atoms with Crippen LogP contribution in [0.15, 0.2) is 46.9 Å². The lowest BCUT2D eigenvalue weighted by Gasteiger charge is -2.23. The third kappa shape index (κ3) is 2.64. The Morgan fingerprint density at radius 1 is 1.13 bits per heavy atom. The number of rotatable bonds is 3. The molecule has 0 N–H and O–H groups in total. The fourth-order valence-electron chi connectivity index (χ4n) is 3.45. The summed E-state index contributed by atoms with van der Waals surface area (Å²) in [6.45, 7) is 0.692. The van der Waals surface area contributed by atoms with Gasteiger partial charge < -0.3 is 4.42 Å². The van der Waals surface area contributed by atoms with Gasteiger partial charge in [0, 0.05) is 28.9 Å². The summed E-state index contributed by atoms with van der Waals surface area (Å²) in [5.74, 6) is 0.566. The Bertz CT molecular complexity index is 974. The van der Waals surface area contributed by atoms with Crippen molar-refractivity contribution in [3.8, 4) is 0 Å². The summed E-state index contributed by atoms with van der Waals surface area (Å²) in [6.07, 6.45) is 0.717. The van der Waals surface area contributed by atoms with E-state index in [0.717, 1.165) is 33.9 Å². The van der Waals surface area contributed by atoms with E-state index in [0.29, 0.717) is 12.3 Å². The van der Waals surface area contributed by atoms with Crippen LogP contribution in [0.5, 0.6) is 0 Å². The first-order chi connectivity index (χ1) is 11.0. The number of fused-ring (bicyclic) bond motifs is 3. The van der Waals surface area contributed by atoms with E-state index in [1.165, 1.54) is 0 Å². The van der Waals surface area contributed by atoms with Crippen LogP contribution < -0.4 is 0 Å². The zero-order chi connectivity index (χ0) is 16.0. The number of hydrogen-bond acceptors (Lipinski definition) is 4. The molecule has 23 heavy (non-hydrogen) atoms. The molecule has 0 bridgehead atoms. The molecule has 120 valence electrons. The van der Waals surface area contributed by atoms with Crippen LogP contribution in [0.4, 0.5) is 0 Å². The second-order valence-electron chi connectivity index (χ2n) is 6.36. The van der Waals surface area contributed by atoms with Gasteiger partial charge in [0.25, 0.3) is 0 Å². The molecule has 0 radical (unpaired) electrons. The van der Waals surface area contributed by atoms with E-state index >= 15 is 0 Å². The molecule has 1 atom stereocenters. The zero-order valence-electron chi connectivity index (χ0n) is 13.0. The first kappa shape index (κ1) is 14.7. The Hall–Kier alpha value is -1.85. The molecule has 3 aromatic rings. The lowest BCUT2D eigenvalue weighted by Crippen LogP contribution is -2.32. The Balaban J connectivity index is 1.69. The van der Waals surface area contributed by atoms with Gasteiger partial charge in [0.05, 0.1) is 11.5 Å². The molecular weight excluding hydrogens is 310 g/mol. The number of benzene rings is 2. The minimum atomic E-state index is -2.86. The molecule has 5 heteroatoms. The summed E-state index contributed by atoms with van der Waals surface area (Å²) in [7, 11) is -0.868. The van der Waals surface area contributed by atoms with Crippen LogP contribution in [0.1, 0.15) is 12.0 Å². The van der Waals surface area contributed by atoms with Crippen LogP contribution in [0.2, 0.25) is 0 Å². The molecule has 1 unspecified atom stereocenters. The van der Waals surface area contributed by atoms with Crippen molar-refractivity contribution in [1.29, 1.82) is 0 Å². The van der Waals surface area contributed by atoms with E-state index in [9.17, 15) is 8.42 Å². The maximum Gasteiger partial charge on any atom is 0.151 e. The molecule has 1 aliphatic rings. The Labute approximate surface area is 135 Å². The maximum atomic E-state index is 11.7. The monoisotopic (exact) mass is 329 g/mol. The van der Waals surface area contributed by atoms with Crippen molar-refractivity contribution in [3.63, 3.8) is 0 Å². The number of para-hydroxylation sites is 2. The molecule has 2 heterocycles. The van der Waals surface area contributed by atoms with Crippen molar-refractivity contribution in [2.45, 2.75) is 19.0 Å². The van der Waals surface area contributed by atoms with Gasteiger partial charge in [0.15, 0.2) is 9.84 Å². The van der Waals surface area contributed by atoms with Crippen molar-refractivity contribution < 1.29 is 12.8 Å². The van der Waals surface area contributed by atoms with Gasteiger partial charge in [-0.25, -0.2) is 8.42 Å². The molecule has 0 amide bonds. The third-order valence-corrected chi connectivity index (χ3v) is 6.49. The lowest BCUT2D eigenvalue weighted by molar-refractivity contribution is 0.254. The smallest absolute Gasteiger partial charge is 0.151 e. The quantitative estimate of drug-likeness (QED) is 0.740. The highest BCUT2D eigenvalue weighted by molar-refractivity contribution is 7.91. The molecular formula is C18H19NO3S. The van der Waals surface area contributed by atoms with Crippen molar-refractivity contribution in [1.82, 2.24) is 4.90 Å². The molecule has 0 saturated carbocycles. The van der Waals surface area contributed by atoms with Crippen LogP contribution >= 0.6 is 0 Å². The summed E-state index contributed by atoms with van der Waals surface area (Å²) < 4.78 is 29.4. The highest BCUT2D eigenvalue weighted by Gasteiger charge is 2.30. The van der Waals surface area contributed by atoms with Crippen LogP contribution in [-0.2, 0) is 16.4 Å². The summed E-state index contributed by atoms with van der Waals surface area (Å²) in [4.78, 5) is 2.13. The minimum absolute atomic E-state index is 0.0969. The fraction of sp³-hybridized carbons (Fsp3) is 0.333. The molecule has 0 aliphatic carbocycles. The summed E-state index contributed by atoms with van der Waals surface area (Å²) in [6, 6.07) is 14.3. The van der Waals surface area contributed by atoms with Crippen molar-refractivity contribution in [3.05, 3.63) is 48.0 Å². The normalized spacial score (nSPS) is 20.7. The summed E-state index contributed by atoms with van der Waals surface area (Å²) in [5, 5.41) is 2.24. The minimum Gasteiger partial charge on any atom is -0.456 e. The van der Waals surface area contributed by atoms with Gasteiger partial charge in [-0.3, -0.25) is 4.90 Å². The Morgan fingerprint density at radius 3 is 2.70 bits per heavy atom. The van der Waals surface area contributed by atoms with Gasteiger partial charge in [-0.15, -0.1) is 0 Å². The molecule has 2 aromatic carbocycles. The molecule has 1 fully saturated rings. The van der Waals surface area contributed by atoms with Crippen LogP contribution in [0.3, 0.4) is 0 Å². The zero-order valence-corrected chi connectivity index (χ0v) is 13.8. The largest absolute Gasteiger partial charge is 0.456 e. The molecule has 1 aliphatic heterocycles. The van der Waals surface area contributed by atoms with Gasteiger partial charge >= 0.3 is 0 Å². The van der Waals surface area contributed by atoms with Crippen molar-refractivity contribution >= 4 is 31.8 Å². The highest BCUT2D eigenvalue weighted by Crippen LogP contribution is 2.31. The van der Waals surface area contributed by atoms with Gasteiger partial charge in [-0.1, -0.05) is 36.4 Å². The Kier molecular flexibility index (Phi) is 3.43. The van der Waals surface area contributed by atoms with Gasteiger partial charge in [-0.05, 0) is 19.5 Å². The number of nitrogens with zero attached hydrogens (tertiary/aromatic N) is 1. The molecule has 4 rings (SSSR count). The van der Waals surface area contributed by atoms with Gasteiger partial charge in [0.2, 0.25) is 0 Å². The number of sulfone groups is 1. The second-order valence-corrected chi connectivity index (χ2v) is 8.59. The molecule has 4 nitrogen and oxygen atoms in total. The average Bonchev–Trinajstić information content (AvgIpc) is 3.08. The van der Waals surface area contributed by atoms with Crippen molar-refractivity contribution in [2.24, 2.45) is 0 Å². The van der Waals surface area contributed by atoms with Gasteiger partial charge in [-0.2, -0.15) is 0 Å². The van der Waals surface area contributed by atoms with E-state index in [4.69, 9.17) is 4.42 Å². The van der Waals surface area contributed by atoms with E-state index in [1.807, 2.05) is 31.3 Å². The van der Waals surface area contributed by atoms with E-state index in [1.54, 1.807) is 0 Å². The van der Waals surface area contributed by atoms with Crippen molar-refractivity contribution in [2.75, 3.05) is 18.6 Å². The standard InChI is InChI=1S/C18H19NO3S/c1-19(14-9-10-23(20,21)12-14)11-13-5-4-7-16-15-6-2-3-8-17(15)22-18(13)16/h2-8,14H,9-12H2,1H3. The first-order valence-corrected chi connectivity index (χ1v) is 9.65. The first-order valence-electron chi connectivity index (χ1n) is 7.83. The lowest BCUT2D eigenvalue weighted by atomic mass is 10.1. The van der Waals surface area contributed by atoms with Gasteiger partial charge in [0.1, 0.15) is 11.2 Å². The predicted octanol–water partition coefficient (Wildman–Crippen LogP) is 3.20. The van der Waals surface area contributed by atoms with Crippen LogP contribution in [0.25, 0.3) is 21.9 Å².